The van der Waals surface area contributed by atoms with Crippen LogP contribution in [0, 0.1) is 0 Å². The molecule has 1 fully saturated rings. The molecule has 0 radical (unpaired) electrons. The molecule has 1 unspecified atom stereocenters. The number of hydrogen-bond acceptors (Lipinski definition) is 7. The molecule has 6 rings (SSSR count). The first kappa shape index (κ1) is 25.4. The van der Waals surface area contributed by atoms with Crippen LogP contribution < -0.4 is 26.2 Å². The quantitative estimate of drug-likeness (QED) is 0.384. The van der Waals surface area contributed by atoms with Crippen molar-refractivity contribution in [2.45, 2.75) is 25.6 Å². The second kappa shape index (κ2) is 10.7. The highest BCUT2D eigenvalue weighted by molar-refractivity contribution is 7.11. The number of aryl methyl sites for hydroxylation is 1. The van der Waals surface area contributed by atoms with Gasteiger partial charge < -0.3 is 15.0 Å². The van der Waals surface area contributed by atoms with Crippen molar-refractivity contribution < 1.29 is 9.53 Å². The first-order chi connectivity index (χ1) is 19.0. The van der Waals surface area contributed by atoms with Crippen LogP contribution in [0.1, 0.15) is 27.7 Å². The monoisotopic (exact) mass is 545 g/mol. The Morgan fingerprint density at radius 1 is 0.974 bits per heavy atom. The Morgan fingerprint density at radius 3 is 2.49 bits per heavy atom. The molecule has 0 spiro atoms. The number of ether oxygens (including phenoxy) is 1. The number of amides is 1. The molecule has 2 aromatic heterocycles. The molecule has 2 aliphatic rings. The highest BCUT2D eigenvalue weighted by Crippen LogP contribution is 2.34. The van der Waals surface area contributed by atoms with Crippen LogP contribution in [-0.2, 0) is 13.1 Å². The van der Waals surface area contributed by atoms with Gasteiger partial charge in [0.1, 0.15) is 5.75 Å². The topological polar surface area (TPSA) is 88.8 Å². The van der Waals surface area contributed by atoms with Crippen molar-refractivity contribution in [2.75, 3.05) is 44.7 Å². The lowest BCUT2D eigenvalue weighted by atomic mass is 10.1. The summed E-state index contributed by atoms with van der Waals surface area (Å²) in [4.78, 5) is 45.1. The summed E-state index contributed by atoms with van der Waals surface area (Å²) in [7, 11) is 1.69. The molecule has 2 aromatic carbocycles. The maximum atomic E-state index is 13.5. The number of carbonyl (C=O) groups excluding carboxylic acids is 1. The fourth-order valence-electron chi connectivity index (χ4n) is 5.63. The van der Waals surface area contributed by atoms with Gasteiger partial charge in [-0.2, -0.15) is 0 Å². The summed E-state index contributed by atoms with van der Waals surface area (Å²) in [6.45, 7) is 4.82. The van der Waals surface area contributed by atoms with Gasteiger partial charge >= 0.3 is 5.69 Å². The number of benzene rings is 2. The molecule has 39 heavy (non-hydrogen) atoms. The molecule has 4 aromatic rings. The van der Waals surface area contributed by atoms with Crippen molar-refractivity contribution in [1.82, 2.24) is 19.4 Å². The van der Waals surface area contributed by atoms with Crippen molar-refractivity contribution >= 4 is 33.8 Å². The fraction of sp³-hybridized carbons (Fsp3) is 0.345. The Labute approximate surface area is 229 Å². The van der Waals surface area contributed by atoms with E-state index in [-0.39, 0.29) is 23.2 Å². The number of piperazine rings is 1. The lowest BCUT2D eigenvalue weighted by Gasteiger charge is -2.36. The highest BCUT2D eigenvalue weighted by atomic mass is 32.1. The van der Waals surface area contributed by atoms with Crippen LogP contribution in [0.2, 0.25) is 0 Å². The fourth-order valence-corrected chi connectivity index (χ4v) is 6.76. The standard InChI is InChI=1S/C29H31N5O4S/c1-38-24-10-6-5-9-23(24)32-16-13-31(14-17-32)15-18-34-28(36)21-19-39-26-22(11-12-33(25(21)26)29(34)37)30-27(35)20-7-3-2-4-8-20/h2-10,19,22H,11-18H2,1H3,(H,30,35). The highest BCUT2D eigenvalue weighted by Gasteiger charge is 2.29. The molecule has 1 atom stereocenters. The third-order valence-corrected chi connectivity index (χ3v) is 8.82. The molecule has 0 aliphatic carbocycles. The second-order valence-electron chi connectivity index (χ2n) is 9.93. The van der Waals surface area contributed by atoms with Crippen LogP contribution in [0.5, 0.6) is 5.75 Å². The number of para-hydroxylation sites is 2. The molecule has 1 saturated heterocycles. The first-order valence-electron chi connectivity index (χ1n) is 13.3. The zero-order valence-electron chi connectivity index (χ0n) is 21.8. The molecule has 202 valence electrons. The minimum Gasteiger partial charge on any atom is -0.495 e. The maximum absolute atomic E-state index is 13.5. The Kier molecular flexibility index (Phi) is 6.97. The summed E-state index contributed by atoms with van der Waals surface area (Å²) in [5.74, 6) is 0.710. The van der Waals surface area contributed by atoms with E-state index in [1.54, 1.807) is 23.8 Å². The number of anilines is 1. The molecule has 0 saturated carbocycles. The summed E-state index contributed by atoms with van der Waals surface area (Å²) in [6, 6.07) is 16.9. The predicted octanol–water partition coefficient (Wildman–Crippen LogP) is 2.93. The Balaban J connectivity index is 1.16. The average Bonchev–Trinajstić information content (AvgIpc) is 3.43. The largest absolute Gasteiger partial charge is 0.495 e. The molecule has 2 aliphatic heterocycles. The van der Waals surface area contributed by atoms with E-state index in [1.165, 1.54) is 15.9 Å². The maximum Gasteiger partial charge on any atom is 0.331 e. The van der Waals surface area contributed by atoms with Gasteiger partial charge in [0.2, 0.25) is 0 Å². The van der Waals surface area contributed by atoms with Gasteiger partial charge in [0.05, 0.1) is 34.6 Å². The van der Waals surface area contributed by atoms with Crippen LogP contribution in [0.25, 0.3) is 10.9 Å². The third-order valence-electron chi connectivity index (χ3n) is 7.74. The van der Waals surface area contributed by atoms with Gasteiger partial charge in [-0.15, -0.1) is 11.3 Å². The number of aromatic nitrogens is 2. The normalized spacial score (nSPS) is 17.4. The van der Waals surface area contributed by atoms with E-state index in [9.17, 15) is 14.4 Å². The third kappa shape index (κ3) is 4.74. The van der Waals surface area contributed by atoms with Crippen LogP contribution in [0.15, 0.2) is 69.6 Å². The summed E-state index contributed by atoms with van der Waals surface area (Å²) in [5, 5.41) is 5.48. The predicted molar refractivity (Wildman–Crippen MR) is 153 cm³/mol. The number of hydrogen-bond donors (Lipinski definition) is 1. The summed E-state index contributed by atoms with van der Waals surface area (Å²) >= 11 is 1.44. The Hall–Kier alpha value is -3.89. The molecule has 4 heterocycles. The number of nitrogens with one attached hydrogen (secondary N) is 1. The summed E-state index contributed by atoms with van der Waals surface area (Å²) < 4.78 is 8.61. The number of thiophene rings is 1. The van der Waals surface area contributed by atoms with E-state index in [4.69, 9.17) is 4.74 Å². The molecule has 9 nitrogen and oxygen atoms in total. The van der Waals surface area contributed by atoms with E-state index in [2.05, 4.69) is 21.2 Å². The number of carbonyl (C=O) groups is 1. The van der Waals surface area contributed by atoms with Crippen LogP contribution in [-0.4, -0.2) is 59.8 Å². The van der Waals surface area contributed by atoms with Gasteiger partial charge in [-0.3, -0.25) is 23.6 Å². The van der Waals surface area contributed by atoms with Gasteiger partial charge in [0.25, 0.3) is 11.5 Å². The number of methoxy groups -OCH3 is 1. The molecule has 1 N–H and O–H groups in total. The SMILES string of the molecule is COc1ccccc1N1CCN(CCn2c(=O)c3csc4c3n(c2=O)CCC4NC(=O)c2ccccc2)CC1. The minimum atomic E-state index is -0.271. The van der Waals surface area contributed by atoms with E-state index < -0.39 is 0 Å². The molecular formula is C29H31N5O4S. The first-order valence-corrected chi connectivity index (χ1v) is 14.1. The molecular weight excluding hydrogens is 514 g/mol. The van der Waals surface area contributed by atoms with E-state index in [1.807, 2.05) is 41.8 Å². The van der Waals surface area contributed by atoms with Gasteiger partial charge in [0.15, 0.2) is 0 Å². The van der Waals surface area contributed by atoms with Gasteiger partial charge in [-0.25, -0.2) is 4.79 Å². The number of nitrogens with zero attached hydrogens (tertiary/aromatic N) is 4. The van der Waals surface area contributed by atoms with Crippen LogP contribution in [0.3, 0.4) is 0 Å². The molecule has 1 amide bonds. The van der Waals surface area contributed by atoms with Crippen LogP contribution >= 0.6 is 11.3 Å². The summed E-state index contributed by atoms with van der Waals surface area (Å²) in [6.07, 6.45) is 0.601. The molecule has 0 bridgehead atoms. The lowest BCUT2D eigenvalue weighted by molar-refractivity contribution is 0.0933. The van der Waals surface area contributed by atoms with E-state index >= 15 is 0 Å². The van der Waals surface area contributed by atoms with E-state index in [0.717, 1.165) is 42.5 Å². The zero-order chi connectivity index (χ0) is 26.9. The van der Waals surface area contributed by atoms with Crippen molar-refractivity contribution in [1.29, 1.82) is 0 Å². The van der Waals surface area contributed by atoms with Crippen LogP contribution in [0.4, 0.5) is 5.69 Å². The smallest absolute Gasteiger partial charge is 0.331 e. The van der Waals surface area contributed by atoms with Crippen molar-refractivity contribution in [3.63, 3.8) is 0 Å². The Bertz CT molecular complexity index is 1620. The number of rotatable bonds is 7. The van der Waals surface area contributed by atoms with Gasteiger partial charge in [0, 0.05) is 56.8 Å². The van der Waals surface area contributed by atoms with Crippen molar-refractivity contribution in [3.8, 4) is 5.75 Å². The Morgan fingerprint density at radius 2 is 1.72 bits per heavy atom. The lowest BCUT2D eigenvalue weighted by Crippen LogP contribution is -2.49. The minimum absolute atomic E-state index is 0.155. The summed E-state index contributed by atoms with van der Waals surface area (Å²) in [5.41, 5.74) is 1.82. The second-order valence-corrected chi connectivity index (χ2v) is 10.8. The van der Waals surface area contributed by atoms with Gasteiger partial charge in [-0.1, -0.05) is 30.3 Å². The zero-order valence-corrected chi connectivity index (χ0v) is 22.7. The average molecular weight is 546 g/mol. The molecule has 10 heteroatoms. The van der Waals surface area contributed by atoms with Gasteiger partial charge in [-0.05, 0) is 30.7 Å². The van der Waals surface area contributed by atoms with Crippen molar-refractivity contribution in [3.05, 3.63) is 91.3 Å². The van der Waals surface area contributed by atoms with E-state index in [0.29, 0.717) is 42.5 Å². The van der Waals surface area contributed by atoms with Crippen molar-refractivity contribution in [2.24, 2.45) is 0 Å².